The predicted octanol–water partition coefficient (Wildman–Crippen LogP) is 3.46. The van der Waals surface area contributed by atoms with Gasteiger partial charge in [-0.2, -0.15) is 0 Å². The molecule has 2 atom stereocenters. The van der Waals surface area contributed by atoms with Crippen molar-refractivity contribution < 1.29 is 4.74 Å². The van der Waals surface area contributed by atoms with Crippen LogP contribution < -0.4 is 5.73 Å². The molecule has 0 amide bonds. The Morgan fingerprint density at radius 1 is 1.26 bits per heavy atom. The fourth-order valence-electron chi connectivity index (χ4n) is 2.83. The van der Waals surface area contributed by atoms with Crippen molar-refractivity contribution in [2.45, 2.75) is 57.6 Å². The molecule has 106 valence electrons. The molecule has 1 aliphatic rings. The molecule has 0 spiro atoms. The zero-order chi connectivity index (χ0) is 13.5. The first-order valence-corrected chi connectivity index (χ1v) is 7.58. The van der Waals surface area contributed by atoms with Crippen LogP contribution in [0.15, 0.2) is 24.5 Å². The first-order valence-electron chi connectivity index (χ1n) is 7.58. The van der Waals surface area contributed by atoms with Gasteiger partial charge in [0.1, 0.15) is 0 Å². The topological polar surface area (TPSA) is 48.1 Å². The van der Waals surface area contributed by atoms with Gasteiger partial charge in [-0.25, -0.2) is 0 Å². The molecule has 3 nitrogen and oxygen atoms in total. The minimum absolute atomic E-state index is 0.00919. The lowest BCUT2D eigenvalue weighted by molar-refractivity contribution is 0.00436. The molecule has 1 saturated carbocycles. The van der Waals surface area contributed by atoms with Crippen LogP contribution in [0.2, 0.25) is 0 Å². The van der Waals surface area contributed by atoms with Crippen molar-refractivity contribution in [3.8, 4) is 0 Å². The molecular formula is C16H26N2O. The summed E-state index contributed by atoms with van der Waals surface area (Å²) in [6.45, 7) is 2.96. The Labute approximate surface area is 116 Å². The van der Waals surface area contributed by atoms with Gasteiger partial charge in [-0.15, -0.1) is 0 Å². The normalized spacial score (nSPS) is 20.1. The van der Waals surface area contributed by atoms with Gasteiger partial charge in [-0.3, -0.25) is 4.98 Å². The first-order chi connectivity index (χ1) is 9.31. The number of hydrogen-bond acceptors (Lipinski definition) is 3. The van der Waals surface area contributed by atoms with Gasteiger partial charge in [-0.1, -0.05) is 26.2 Å². The predicted molar refractivity (Wildman–Crippen MR) is 77.8 cm³/mol. The maximum absolute atomic E-state index is 6.22. The SMILES string of the molecule is CCC(N)C(OCC1CCCCC1)c1ccncc1. The maximum atomic E-state index is 6.22. The maximum Gasteiger partial charge on any atom is 0.0976 e. The van der Waals surface area contributed by atoms with Crippen LogP contribution in [-0.2, 0) is 4.74 Å². The Bertz CT molecular complexity index is 349. The van der Waals surface area contributed by atoms with E-state index in [-0.39, 0.29) is 12.1 Å². The van der Waals surface area contributed by atoms with Crippen LogP contribution in [-0.4, -0.2) is 17.6 Å². The number of nitrogens with two attached hydrogens (primary N) is 1. The fraction of sp³-hybridized carbons (Fsp3) is 0.688. The van der Waals surface area contributed by atoms with Crippen molar-refractivity contribution in [1.29, 1.82) is 0 Å². The number of ether oxygens (including phenoxy) is 1. The van der Waals surface area contributed by atoms with Gasteiger partial charge >= 0.3 is 0 Å². The molecule has 2 rings (SSSR count). The van der Waals surface area contributed by atoms with E-state index in [1.807, 2.05) is 24.5 Å². The van der Waals surface area contributed by atoms with Crippen molar-refractivity contribution >= 4 is 0 Å². The summed E-state index contributed by atoms with van der Waals surface area (Å²) in [5, 5.41) is 0. The smallest absolute Gasteiger partial charge is 0.0976 e. The molecule has 0 aromatic carbocycles. The van der Waals surface area contributed by atoms with Crippen LogP contribution in [0.4, 0.5) is 0 Å². The highest BCUT2D eigenvalue weighted by atomic mass is 16.5. The van der Waals surface area contributed by atoms with E-state index in [0.29, 0.717) is 0 Å². The number of aromatic nitrogens is 1. The number of pyridine rings is 1. The largest absolute Gasteiger partial charge is 0.372 e. The molecule has 1 fully saturated rings. The van der Waals surface area contributed by atoms with E-state index in [1.165, 1.54) is 32.1 Å². The summed E-state index contributed by atoms with van der Waals surface area (Å²) in [4.78, 5) is 4.07. The van der Waals surface area contributed by atoms with Crippen molar-refractivity contribution in [2.75, 3.05) is 6.61 Å². The highest BCUT2D eigenvalue weighted by Crippen LogP contribution is 2.27. The molecule has 0 aliphatic heterocycles. The Morgan fingerprint density at radius 2 is 1.95 bits per heavy atom. The average molecular weight is 262 g/mol. The van der Waals surface area contributed by atoms with Gasteiger partial charge in [0.2, 0.25) is 0 Å². The Balaban J connectivity index is 1.94. The fourth-order valence-corrected chi connectivity index (χ4v) is 2.83. The lowest BCUT2D eigenvalue weighted by Crippen LogP contribution is -2.31. The average Bonchev–Trinajstić information content (AvgIpc) is 2.49. The van der Waals surface area contributed by atoms with Gasteiger partial charge in [0.15, 0.2) is 0 Å². The molecule has 0 bridgehead atoms. The minimum atomic E-state index is 0.00919. The summed E-state index contributed by atoms with van der Waals surface area (Å²) < 4.78 is 6.17. The van der Waals surface area contributed by atoms with E-state index < -0.39 is 0 Å². The van der Waals surface area contributed by atoms with Gasteiger partial charge < -0.3 is 10.5 Å². The van der Waals surface area contributed by atoms with E-state index >= 15 is 0 Å². The van der Waals surface area contributed by atoms with Crippen LogP contribution >= 0.6 is 0 Å². The van der Waals surface area contributed by atoms with Gasteiger partial charge in [0, 0.05) is 18.4 Å². The van der Waals surface area contributed by atoms with Gasteiger partial charge in [0.25, 0.3) is 0 Å². The minimum Gasteiger partial charge on any atom is -0.372 e. The van der Waals surface area contributed by atoms with E-state index in [1.54, 1.807) is 0 Å². The number of hydrogen-bond donors (Lipinski definition) is 1. The van der Waals surface area contributed by atoms with Gasteiger partial charge in [0.05, 0.1) is 12.7 Å². The molecular weight excluding hydrogens is 236 g/mol. The second-order valence-electron chi connectivity index (χ2n) is 5.61. The molecule has 3 heteroatoms. The standard InChI is InChI=1S/C16H26N2O/c1-2-15(17)16(14-8-10-18-11-9-14)19-12-13-6-4-3-5-7-13/h8-11,13,15-16H,2-7,12,17H2,1H3. The zero-order valence-corrected chi connectivity index (χ0v) is 11.9. The third-order valence-electron chi connectivity index (χ3n) is 4.13. The van der Waals surface area contributed by atoms with Crippen molar-refractivity contribution in [3.63, 3.8) is 0 Å². The zero-order valence-electron chi connectivity index (χ0n) is 11.9. The van der Waals surface area contributed by atoms with Crippen LogP contribution in [0.1, 0.15) is 57.1 Å². The summed E-state index contributed by atoms with van der Waals surface area (Å²) in [6, 6.07) is 4.09. The molecule has 0 saturated heterocycles. The second kappa shape index (κ2) is 7.61. The van der Waals surface area contributed by atoms with Crippen LogP contribution in [0, 0.1) is 5.92 Å². The number of nitrogens with zero attached hydrogens (tertiary/aromatic N) is 1. The molecule has 1 aromatic heterocycles. The Morgan fingerprint density at radius 3 is 2.58 bits per heavy atom. The number of rotatable bonds is 6. The molecule has 2 unspecified atom stereocenters. The van der Waals surface area contributed by atoms with Crippen molar-refractivity contribution in [2.24, 2.45) is 11.7 Å². The summed E-state index contributed by atoms with van der Waals surface area (Å²) in [5.41, 5.74) is 7.37. The van der Waals surface area contributed by atoms with Crippen molar-refractivity contribution in [3.05, 3.63) is 30.1 Å². The second-order valence-corrected chi connectivity index (χ2v) is 5.61. The molecule has 2 N–H and O–H groups in total. The summed E-state index contributed by atoms with van der Waals surface area (Å²) >= 11 is 0. The van der Waals surface area contributed by atoms with Crippen LogP contribution in [0.3, 0.4) is 0 Å². The van der Waals surface area contributed by atoms with Crippen LogP contribution in [0.25, 0.3) is 0 Å². The molecule has 1 aromatic rings. The third-order valence-corrected chi connectivity index (χ3v) is 4.13. The Hall–Kier alpha value is -0.930. The summed E-state index contributed by atoms with van der Waals surface area (Å²) in [6.07, 6.45) is 11.3. The quantitative estimate of drug-likeness (QED) is 0.854. The monoisotopic (exact) mass is 262 g/mol. The van der Waals surface area contributed by atoms with Crippen molar-refractivity contribution in [1.82, 2.24) is 4.98 Å². The molecule has 19 heavy (non-hydrogen) atoms. The molecule has 1 aliphatic carbocycles. The van der Waals surface area contributed by atoms with E-state index in [4.69, 9.17) is 10.5 Å². The Kier molecular flexibility index (Phi) is 5.80. The first kappa shape index (κ1) is 14.5. The summed E-state index contributed by atoms with van der Waals surface area (Å²) in [7, 11) is 0. The highest BCUT2D eigenvalue weighted by molar-refractivity contribution is 5.15. The van der Waals surface area contributed by atoms with E-state index in [0.717, 1.165) is 24.5 Å². The third kappa shape index (κ3) is 4.29. The highest BCUT2D eigenvalue weighted by Gasteiger charge is 2.22. The summed E-state index contributed by atoms with van der Waals surface area (Å²) in [5.74, 6) is 0.724. The lowest BCUT2D eigenvalue weighted by Gasteiger charge is -2.28. The molecule has 1 heterocycles. The van der Waals surface area contributed by atoms with E-state index in [2.05, 4.69) is 11.9 Å². The van der Waals surface area contributed by atoms with E-state index in [9.17, 15) is 0 Å². The van der Waals surface area contributed by atoms with Gasteiger partial charge in [-0.05, 0) is 42.9 Å². The molecule has 0 radical (unpaired) electrons. The lowest BCUT2D eigenvalue weighted by atomic mass is 9.90. The van der Waals surface area contributed by atoms with Crippen LogP contribution in [0.5, 0.6) is 0 Å².